The molecule has 1 unspecified atom stereocenters. The van der Waals surface area contributed by atoms with Crippen molar-refractivity contribution in [1.29, 1.82) is 0 Å². The van der Waals surface area contributed by atoms with Gasteiger partial charge in [-0.1, -0.05) is 30.7 Å². The van der Waals surface area contributed by atoms with Gasteiger partial charge in [-0.25, -0.2) is 0 Å². The van der Waals surface area contributed by atoms with Gasteiger partial charge in [0.1, 0.15) is 18.4 Å². The van der Waals surface area contributed by atoms with E-state index in [-0.39, 0.29) is 24.1 Å². The quantitative estimate of drug-likeness (QED) is 0.534. The van der Waals surface area contributed by atoms with Crippen molar-refractivity contribution in [2.75, 3.05) is 26.2 Å². The van der Waals surface area contributed by atoms with Crippen LogP contribution in [0.15, 0.2) is 42.5 Å². The lowest BCUT2D eigenvalue weighted by Crippen LogP contribution is -2.52. The van der Waals surface area contributed by atoms with Gasteiger partial charge >= 0.3 is 0 Å². The number of hydrogen-bond donors (Lipinski definition) is 2. The van der Waals surface area contributed by atoms with Crippen molar-refractivity contribution in [2.45, 2.75) is 76.0 Å². The molecule has 0 bridgehead atoms. The number of nitrogens with zero attached hydrogens (tertiary/aromatic N) is 2. The van der Waals surface area contributed by atoms with E-state index in [2.05, 4.69) is 39.8 Å². The van der Waals surface area contributed by atoms with Crippen LogP contribution in [0.3, 0.4) is 0 Å². The molecule has 2 atom stereocenters. The minimum Gasteiger partial charge on any atom is -0.492 e. The van der Waals surface area contributed by atoms with E-state index < -0.39 is 6.04 Å². The summed E-state index contributed by atoms with van der Waals surface area (Å²) in [5.74, 6) is 0.610. The zero-order valence-electron chi connectivity index (χ0n) is 22.5. The Morgan fingerprint density at radius 1 is 0.923 bits per heavy atom. The number of imide groups is 1. The van der Waals surface area contributed by atoms with Crippen molar-refractivity contribution >= 4 is 17.7 Å². The van der Waals surface area contributed by atoms with E-state index in [0.717, 1.165) is 43.9 Å². The van der Waals surface area contributed by atoms with Crippen LogP contribution in [-0.2, 0) is 22.7 Å². The lowest BCUT2D eigenvalue weighted by Gasteiger charge is -2.35. The average molecular weight is 531 g/mol. The summed E-state index contributed by atoms with van der Waals surface area (Å²) in [6.07, 6.45) is 6.59. The van der Waals surface area contributed by atoms with Crippen molar-refractivity contribution in [3.8, 4) is 5.75 Å². The van der Waals surface area contributed by atoms with Gasteiger partial charge in [-0.15, -0.1) is 0 Å². The molecule has 2 N–H and O–H groups in total. The predicted octanol–water partition coefficient (Wildman–Crippen LogP) is 3.35. The van der Waals surface area contributed by atoms with Gasteiger partial charge in [-0.2, -0.15) is 0 Å². The molecule has 4 aliphatic rings. The second kappa shape index (κ2) is 11.5. The maximum Gasteiger partial charge on any atom is 0.255 e. The zero-order chi connectivity index (χ0) is 26.8. The summed E-state index contributed by atoms with van der Waals surface area (Å²) in [4.78, 5) is 41.0. The molecule has 8 heteroatoms. The number of benzene rings is 2. The average Bonchev–Trinajstić information content (AvgIpc) is 3.28. The van der Waals surface area contributed by atoms with Crippen molar-refractivity contribution in [3.63, 3.8) is 0 Å². The fourth-order valence-electron chi connectivity index (χ4n) is 6.57. The van der Waals surface area contributed by atoms with Crippen LogP contribution in [0.2, 0.25) is 0 Å². The minimum absolute atomic E-state index is 0.157. The lowest BCUT2D eigenvalue weighted by atomic mass is 9.90. The SMILES string of the molecule is O=C1CCC(N2Cc3cc(OC[C@H]4CCCCN4Cc4ccc(C5CCNCC5)cc4)ccc3C2=O)C(=O)N1. The number of amides is 3. The number of ether oxygens (including phenoxy) is 1. The number of carbonyl (C=O) groups excluding carboxylic acids is 3. The number of rotatable bonds is 7. The highest BCUT2D eigenvalue weighted by atomic mass is 16.5. The summed E-state index contributed by atoms with van der Waals surface area (Å²) in [7, 11) is 0. The standard InChI is InChI=1S/C31H38N4O4/c36-29-11-10-28(30(37)33-29)35-19-24-17-26(8-9-27(24)31(35)38)39-20-25-3-1-2-16-34(25)18-21-4-6-22(7-5-21)23-12-14-32-15-13-23/h4-9,17,23,25,28,32H,1-3,10-16,18-20H2,(H,33,36,37)/t25-,28?/m1/s1. The Labute approximate surface area is 230 Å². The Morgan fingerprint density at radius 2 is 1.74 bits per heavy atom. The largest absolute Gasteiger partial charge is 0.492 e. The predicted molar refractivity (Wildman–Crippen MR) is 147 cm³/mol. The topological polar surface area (TPSA) is 91.0 Å². The monoisotopic (exact) mass is 530 g/mol. The van der Waals surface area contributed by atoms with Gasteiger partial charge in [0.05, 0.1) is 0 Å². The fraction of sp³-hybridized carbons (Fsp3) is 0.516. The summed E-state index contributed by atoms with van der Waals surface area (Å²) in [6.45, 7) is 5.20. The number of piperidine rings is 3. The molecule has 39 heavy (non-hydrogen) atoms. The van der Waals surface area contributed by atoms with E-state index in [0.29, 0.717) is 37.1 Å². The highest BCUT2D eigenvalue weighted by Crippen LogP contribution is 2.31. The van der Waals surface area contributed by atoms with Gasteiger partial charge in [-0.3, -0.25) is 24.6 Å². The first-order valence-electron chi connectivity index (χ1n) is 14.5. The van der Waals surface area contributed by atoms with Gasteiger partial charge in [-0.05, 0) is 92.5 Å². The molecule has 0 aliphatic carbocycles. The van der Waals surface area contributed by atoms with Crippen molar-refractivity contribution in [1.82, 2.24) is 20.4 Å². The summed E-state index contributed by atoms with van der Waals surface area (Å²) < 4.78 is 6.29. The molecular weight excluding hydrogens is 492 g/mol. The molecule has 206 valence electrons. The second-order valence-electron chi connectivity index (χ2n) is 11.4. The van der Waals surface area contributed by atoms with Crippen LogP contribution in [0.5, 0.6) is 5.75 Å². The van der Waals surface area contributed by atoms with Gasteiger partial charge in [0.25, 0.3) is 5.91 Å². The first-order valence-corrected chi connectivity index (χ1v) is 14.5. The summed E-state index contributed by atoms with van der Waals surface area (Å²) >= 11 is 0. The molecule has 0 radical (unpaired) electrons. The molecule has 2 aromatic carbocycles. The highest BCUT2D eigenvalue weighted by molar-refractivity contribution is 6.05. The number of likely N-dealkylation sites (tertiary alicyclic amines) is 1. The third kappa shape index (κ3) is 5.72. The van der Waals surface area contributed by atoms with Crippen LogP contribution in [0.1, 0.15) is 77.9 Å². The molecule has 3 saturated heterocycles. The van der Waals surface area contributed by atoms with E-state index in [1.165, 1.54) is 36.8 Å². The Balaban J connectivity index is 1.06. The van der Waals surface area contributed by atoms with Gasteiger partial charge in [0, 0.05) is 31.1 Å². The third-order valence-corrected chi connectivity index (χ3v) is 8.86. The Hall–Kier alpha value is -3.23. The molecule has 0 aromatic heterocycles. The highest BCUT2D eigenvalue weighted by Gasteiger charge is 2.39. The fourth-order valence-corrected chi connectivity index (χ4v) is 6.57. The molecule has 3 amide bonds. The zero-order valence-corrected chi connectivity index (χ0v) is 22.5. The van der Waals surface area contributed by atoms with E-state index in [9.17, 15) is 14.4 Å². The number of carbonyl (C=O) groups is 3. The van der Waals surface area contributed by atoms with Gasteiger partial charge in [0.15, 0.2) is 0 Å². The molecule has 2 aromatic rings. The normalized spacial score (nSPS) is 24.5. The van der Waals surface area contributed by atoms with Crippen molar-refractivity contribution in [3.05, 3.63) is 64.7 Å². The third-order valence-electron chi connectivity index (χ3n) is 8.86. The molecule has 4 aliphatic heterocycles. The Kier molecular flexibility index (Phi) is 7.66. The molecule has 0 spiro atoms. The molecule has 4 heterocycles. The second-order valence-corrected chi connectivity index (χ2v) is 11.4. The number of fused-ring (bicyclic) bond motifs is 1. The van der Waals surface area contributed by atoms with Crippen LogP contribution in [0.25, 0.3) is 0 Å². The van der Waals surface area contributed by atoms with E-state index >= 15 is 0 Å². The van der Waals surface area contributed by atoms with Crippen molar-refractivity contribution in [2.24, 2.45) is 0 Å². The first-order chi connectivity index (χ1) is 19.0. The maximum atomic E-state index is 13.0. The molecule has 8 nitrogen and oxygen atoms in total. The lowest BCUT2D eigenvalue weighted by molar-refractivity contribution is -0.136. The van der Waals surface area contributed by atoms with Crippen LogP contribution in [0, 0.1) is 0 Å². The molecule has 0 saturated carbocycles. The minimum atomic E-state index is -0.600. The van der Waals surface area contributed by atoms with Gasteiger partial charge < -0.3 is 15.0 Å². The van der Waals surface area contributed by atoms with Crippen LogP contribution in [-0.4, -0.2) is 65.8 Å². The Morgan fingerprint density at radius 3 is 2.54 bits per heavy atom. The summed E-state index contributed by atoms with van der Waals surface area (Å²) in [5.41, 5.74) is 4.30. The smallest absolute Gasteiger partial charge is 0.255 e. The number of hydrogen-bond acceptors (Lipinski definition) is 6. The van der Waals surface area contributed by atoms with Crippen LogP contribution >= 0.6 is 0 Å². The first kappa shape index (κ1) is 26.0. The van der Waals surface area contributed by atoms with E-state index in [4.69, 9.17) is 4.74 Å². The maximum absolute atomic E-state index is 13.0. The molecular formula is C31H38N4O4. The van der Waals surface area contributed by atoms with Crippen molar-refractivity contribution < 1.29 is 19.1 Å². The van der Waals surface area contributed by atoms with Crippen LogP contribution < -0.4 is 15.4 Å². The van der Waals surface area contributed by atoms with Gasteiger partial charge in [0.2, 0.25) is 11.8 Å². The summed E-state index contributed by atoms with van der Waals surface area (Å²) in [6, 6.07) is 14.6. The molecule has 6 rings (SSSR count). The Bertz CT molecular complexity index is 1220. The number of nitrogens with one attached hydrogen (secondary N) is 2. The van der Waals surface area contributed by atoms with E-state index in [1.807, 2.05) is 12.1 Å². The molecule has 3 fully saturated rings. The summed E-state index contributed by atoms with van der Waals surface area (Å²) in [5, 5.41) is 5.81. The van der Waals surface area contributed by atoms with E-state index in [1.54, 1.807) is 11.0 Å². The van der Waals surface area contributed by atoms with Crippen LogP contribution in [0.4, 0.5) is 0 Å².